The molecule has 3 aliphatic carbocycles. The Morgan fingerprint density at radius 3 is 2.58 bits per heavy atom. The van der Waals surface area contributed by atoms with Crippen LogP contribution in [0.15, 0.2) is 0 Å². The molecule has 0 aromatic carbocycles. The van der Waals surface area contributed by atoms with E-state index in [1.54, 1.807) is 0 Å². The summed E-state index contributed by atoms with van der Waals surface area (Å²) < 4.78 is 0. The van der Waals surface area contributed by atoms with Gasteiger partial charge in [-0.3, -0.25) is 4.79 Å². The van der Waals surface area contributed by atoms with Crippen molar-refractivity contribution in [3.05, 3.63) is 0 Å². The van der Waals surface area contributed by atoms with Gasteiger partial charge in [-0.25, -0.2) is 0 Å². The van der Waals surface area contributed by atoms with Crippen molar-refractivity contribution in [2.24, 2.45) is 23.7 Å². The van der Waals surface area contributed by atoms with Crippen molar-refractivity contribution >= 4 is 5.91 Å². The van der Waals surface area contributed by atoms with E-state index >= 15 is 0 Å². The summed E-state index contributed by atoms with van der Waals surface area (Å²) in [6.45, 7) is 2.23. The topological polar surface area (TPSA) is 29.1 Å². The maximum atomic E-state index is 12.1. The minimum absolute atomic E-state index is 0.308. The quantitative estimate of drug-likeness (QED) is 0.801. The van der Waals surface area contributed by atoms with E-state index in [2.05, 4.69) is 12.2 Å². The molecule has 4 atom stereocenters. The third kappa shape index (κ3) is 3.14. The van der Waals surface area contributed by atoms with E-state index in [9.17, 15) is 4.79 Å². The molecule has 2 bridgehead atoms. The number of amides is 1. The first-order valence-corrected chi connectivity index (χ1v) is 8.51. The van der Waals surface area contributed by atoms with Crippen molar-refractivity contribution in [3.63, 3.8) is 0 Å². The number of hydrogen-bond donors (Lipinski definition) is 1. The van der Waals surface area contributed by atoms with Gasteiger partial charge in [-0.2, -0.15) is 0 Å². The Hall–Kier alpha value is -0.530. The normalized spacial score (nSPS) is 35.7. The van der Waals surface area contributed by atoms with Crippen molar-refractivity contribution in [1.82, 2.24) is 5.32 Å². The van der Waals surface area contributed by atoms with Gasteiger partial charge in [-0.05, 0) is 56.3 Å². The van der Waals surface area contributed by atoms with Crippen LogP contribution in [-0.2, 0) is 4.79 Å². The predicted molar refractivity (Wildman–Crippen MR) is 77.7 cm³/mol. The molecule has 19 heavy (non-hydrogen) atoms. The van der Waals surface area contributed by atoms with Gasteiger partial charge in [0.05, 0.1) is 0 Å². The minimum Gasteiger partial charge on any atom is -0.353 e. The van der Waals surface area contributed by atoms with E-state index in [4.69, 9.17) is 0 Å². The van der Waals surface area contributed by atoms with E-state index in [0.717, 1.165) is 36.5 Å². The minimum atomic E-state index is 0.308. The zero-order chi connectivity index (χ0) is 13.2. The predicted octanol–water partition coefficient (Wildman–Crippen LogP) is 3.90. The van der Waals surface area contributed by atoms with Crippen LogP contribution in [0.1, 0.15) is 71.1 Å². The summed E-state index contributed by atoms with van der Waals surface area (Å²) in [4.78, 5) is 12.1. The second-order valence-corrected chi connectivity index (χ2v) is 7.38. The van der Waals surface area contributed by atoms with Crippen LogP contribution in [0, 0.1) is 23.7 Å². The van der Waals surface area contributed by atoms with Crippen LogP contribution in [0.2, 0.25) is 0 Å². The molecule has 2 nitrogen and oxygen atoms in total. The lowest BCUT2D eigenvalue weighted by molar-refractivity contribution is -0.122. The number of nitrogens with one attached hydrogen (secondary N) is 1. The summed E-state index contributed by atoms with van der Waals surface area (Å²) >= 11 is 0. The summed E-state index contributed by atoms with van der Waals surface area (Å²) in [7, 11) is 0. The molecule has 3 rings (SSSR count). The Morgan fingerprint density at radius 2 is 1.95 bits per heavy atom. The lowest BCUT2D eigenvalue weighted by atomic mass is 9.84. The first-order chi connectivity index (χ1) is 9.22. The van der Waals surface area contributed by atoms with Crippen molar-refractivity contribution in [2.45, 2.75) is 77.2 Å². The maximum Gasteiger partial charge on any atom is 0.220 e. The molecule has 0 unspecified atom stereocenters. The Morgan fingerprint density at radius 1 is 1.16 bits per heavy atom. The van der Waals surface area contributed by atoms with Crippen molar-refractivity contribution in [2.75, 3.05) is 0 Å². The van der Waals surface area contributed by atoms with E-state index in [1.165, 1.54) is 51.4 Å². The largest absolute Gasteiger partial charge is 0.353 e. The molecule has 0 radical (unpaired) electrons. The smallest absolute Gasteiger partial charge is 0.220 e. The highest BCUT2D eigenvalue weighted by Crippen LogP contribution is 2.49. The maximum absolute atomic E-state index is 12.1. The molecule has 0 spiro atoms. The van der Waals surface area contributed by atoms with Crippen LogP contribution in [0.5, 0.6) is 0 Å². The SMILES string of the molecule is C[C@H](NC(=O)CCC1CCCC1)[C@@H]1C[C@H]2CC[C@H]1C2. The lowest BCUT2D eigenvalue weighted by Crippen LogP contribution is -2.40. The third-order valence-electron chi connectivity index (χ3n) is 6.08. The highest BCUT2D eigenvalue weighted by Gasteiger charge is 2.42. The van der Waals surface area contributed by atoms with E-state index in [-0.39, 0.29) is 0 Å². The monoisotopic (exact) mass is 263 g/mol. The number of carbonyl (C=O) groups excluding carboxylic acids is 1. The molecule has 1 amide bonds. The standard InChI is InChI=1S/C17H29NO/c1-12(16-11-14-6-8-15(16)10-14)18-17(19)9-7-13-4-2-3-5-13/h12-16H,2-11H2,1H3,(H,18,19)/t12-,14-,15-,16-/m0/s1. The van der Waals surface area contributed by atoms with Gasteiger partial charge in [-0.1, -0.05) is 32.1 Å². The number of hydrogen-bond acceptors (Lipinski definition) is 1. The van der Waals surface area contributed by atoms with Crippen LogP contribution >= 0.6 is 0 Å². The molecule has 0 aliphatic heterocycles. The summed E-state index contributed by atoms with van der Waals surface area (Å²) in [5, 5.41) is 3.29. The van der Waals surface area contributed by atoms with Crippen LogP contribution in [0.4, 0.5) is 0 Å². The number of carbonyl (C=O) groups is 1. The molecule has 0 saturated heterocycles. The number of rotatable bonds is 5. The molecular formula is C17H29NO. The van der Waals surface area contributed by atoms with Crippen LogP contribution in [0.25, 0.3) is 0 Å². The molecule has 0 aromatic heterocycles. The fraction of sp³-hybridized carbons (Fsp3) is 0.941. The van der Waals surface area contributed by atoms with Crippen LogP contribution in [0.3, 0.4) is 0 Å². The first kappa shape index (κ1) is 13.5. The average Bonchev–Trinajstić information content (AvgIpc) is 3.13. The van der Waals surface area contributed by atoms with Crippen molar-refractivity contribution in [1.29, 1.82) is 0 Å². The molecule has 108 valence electrons. The molecule has 1 N–H and O–H groups in total. The average molecular weight is 263 g/mol. The highest BCUT2D eigenvalue weighted by molar-refractivity contribution is 5.76. The van der Waals surface area contributed by atoms with Gasteiger partial charge in [0, 0.05) is 12.5 Å². The summed E-state index contributed by atoms with van der Waals surface area (Å²) in [6.07, 6.45) is 13.0. The molecule has 3 fully saturated rings. The van der Waals surface area contributed by atoms with Gasteiger partial charge in [0.25, 0.3) is 0 Å². The van der Waals surface area contributed by atoms with E-state index in [1.807, 2.05) is 0 Å². The van der Waals surface area contributed by atoms with Gasteiger partial charge in [-0.15, -0.1) is 0 Å². The molecule has 2 heteroatoms. The zero-order valence-electron chi connectivity index (χ0n) is 12.4. The van der Waals surface area contributed by atoms with Crippen molar-refractivity contribution < 1.29 is 4.79 Å². The van der Waals surface area contributed by atoms with Crippen LogP contribution < -0.4 is 5.32 Å². The first-order valence-electron chi connectivity index (χ1n) is 8.51. The number of fused-ring (bicyclic) bond motifs is 2. The van der Waals surface area contributed by atoms with E-state index < -0.39 is 0 Å². The lowest BCUT2D eigenvalue weighted by Gasteiger charge is -2.28. The van der Waals surface area contributed by atoms with Gasteiger partial charge >= 0.3 is 0 Å². The fourth-order valence-corrected chi connectivity index (χ4v) is 4.97. The van der Waals surface area contributed by atoms with Gasteiger partial charge in [0.15, 0.2) is 0 Å². The second kappa shape index (κ2) is 5.85. The molecule has 3 saturated carbocycles. The Bertz CT molecular complexity index is 321. The third-order valence-corrected chi connectivity index (χ3v) is 6.08. The second-order valence-electron chi connectivity index (χ2n) is 7.38. The Balaban J connectivity index is 1.39. The summed E-state index contributed by atoms with van der Waals surface area (Å²) in [5.41, 5.74) is 0. The molecule has 3 aliphatic rings. The molecule has 0 aromatic rings. The van der Waals surface area contributed by atoms with E-state index in [0.29, 0.717) is 11.9 Å². The summed E-state index contributed by atoms with van der Waals surface area (Å²) in [6, 6.07) is 0.409. The van der Waals surface area contributed by atoms with Crippen LogP contribution in [-0.4, -0.2) is 11.9 Å². The fourth-order valence-electron chi connectivity index (χ4n) is 4.97. The van der Waals surface area contributed by atoms with Gasteiger partial charge < -0.3 is 5.32 Å². The zero-order valence-corrected chi connectivity index (χ0v) is 12.4. The van der Waals surface area contributed by atoms with Gasteiger partial charge in [0.1, 0.15) is 0 Å². The van der Waals surface area contributed by atoms with Gasteiger partial charge in [0.2, 0.25) is 5.91 Å². The molecular weight excluding hydrogens is 234 g/mol. The summed E-state index contributed by atoms with van der Waals surface area (Å²) in [5.74, 6) is 3.81. The van der Waals surface area contributed by atoms with Crippen molar-refractivity contribution in [3.8, 4) is 0 Å². The highest BCUT2D eigenvalue weighted by atomic mass is 16.1. The Kier molecular flexibility index (Phi) is 4.14. The molecule has 0 heterocycles. The Labute approximate surface area is 117 Å².